The van der Waals surface area contributed by atoms with Crippen molar-refractivity contribution < 1.29 is 4.39 Å². The molecule has 0 N–H and O–H groups in total. The van der Waals surface area contributed by atoms with Crippen molar-refractivity contribution in [3.63, 3.8) is 0 Å². The summed E-state index contributed by atoms with van der Waals surface area (Å²) in [4.78, 5) is 25.3. The molecule has 160 valence electrons. The molecule has 0 bridgehead atoms. The number of hydrogen-bond donors (Lipinski definition) is 0. The molecule has 0 amide bonds. The lowest BCUT2D eigenvalue weighted by atomic mass is 10.0. The van der Waals surface area contributed by atoms with E-state index >= 15 is 0 Å². The molecule has 1 fully saturated rings. The molecule has 3 aromatic rings. The number of pyridine rings is 2. The van der Waals surface area contributed by atoms with Crippen LogP contribution in [0.4, 0.5) is 15.9 Å². The lowest BCUT2D eigenvalue weighted by Crippen LogP contribution is -2.57. The number of benzene rings is 1. The van der Waals surface area contributed by atoms with Gasteiger partial charge in [0.1, 0.15) is 5.82 Å². The van der Waals surface area contributed by atoms with Gasteiger partial charge in [0.15, 0.2) is 0 Å². The minimum Gasteiger partial charge on any atom is -0.362 e. The van der Waals surface area contributed by atoms with Gasteiger partial charge in [-0.3, -0.25) is 9.69 Å². The SMILES string of the molecule is [C-]#[N+]c1ccc2c(n1)c(N1C[C@@H](CC)N(Cc3ccc(F)cc3)C[C@@H]1C)cc(=O)n2C. The van der Waals surface area contributed by atoms with Gasteiger partial charge < -0.3 is 14.3 Å². The van der Waals surface area contributed by atoms with Gasteiger partial charge >= 0.3 is 0 Å². The zero-order valence-electron chi connectivity index (χ0n) is 18.0. The van der Waals surface area contributed by atoms with E-state index in [1.54, 1.807) is 29.8 Å². The van der Waals surface area contributed by atoms with Crippen molar-refractivity contribution in [3.05, 3.63) is 75.6 Å². The average Bonchev–Trinajstić information content (AvgIpc) is 2.78. The van der Waals surface area contributed by atoms with Gasteiger partial charge in [-0.15, -0.1) is 4.98 Å². The van der Waals surface area contributed by atoms with Crippen LogP contribution in [0.5, 0.6) is 0 Å². The monoisotopic (exact) mass is 419 g/mol. The molecular weight excluding hydrogens is 393 g/mol. The largest absolute Gasteiger partial charge is 0.362 e. The van der Waals surface area contributed by atoms with Crippen molar-refractivity contribution in [2.75, 3.05) is 18.0 Å². The second-order valence-corrected chi connectivity index (χ2v) is 8.20. The summed E-state index contributed by atoms with van der Waals surface area (Å²) in [5, 5.41) is 0. The molecule has 1 aliphatic rings. The average molecular weight is 420 g/mol. The van der Waals surface area contributed by atoms with Crippen LogP contribution >= 0.6 is 0 Å². The quantitative estimate of drug-likeness (QED) is 0.597. The molecule has 0 saturated carbocycles. The Morgan fingerprint density at radius 1 is 1.19 bits per heavy atom. The molecule has 31 heavy (non-hydrogen) atoms. The molecule has 7 heteroatoms. The summed E-state index contributed by atoms with van der Waals surface area (Å²) in [5.41, 5.74) is 3.20. The maximum atomic E-state index is 13.3. The Morgan fingerprint density at radius 3 is 2.61 bits per heavy atom. The van der Waals surface area contributed by atoms with Crippen LogP contribution in [-0.2, 0) is 13.6 Å². The summed E-state index contributed by atoms with van der Waals surface area (Å²) >= 11 is 0. The number of halogens is 1. The number of hydrogen-bond acceptors (Lipinski definition) is 4. The van der Waals surface area contributed by atoms with Crippen molar-refractivity contribution in [1.29, 1.82) is 0 Å². The smallest absolute Gasteiger partial charge is 0.270 e. The lowest BCUT2D eigenvalue weighted by molar-refractivity contribution is 0.142. The van der Waals surface area contributed by atoms with E-state index in [1.807, 2.05) is 12.1 Å². The van der Waals surface area contributed by atoms with Crippen LogP contribution in [0.15, 0.2) is 47.3 Å². The van der Waals surface area contributed by atoms with Gasteiger partial charge in [0.05, 0.1) is 11.2 Å². The third-order valence-corrected chi connectivity index (χ3v) is 6.20. The number of nitrogens with zero attached hydrogens (tertiary/aromatic N) is 5. The molecule has 4 rings (SSSR count). The highest BCUT2D eigenvalue weighted by molar-refractivity contribution is 5.89. The zero-order chi connectivity index (χ0) is 22.1. The van der Waals surface area contributed by atoms with Crippen LogP contribution < -0.4 is 10.5 Å². The maximum absolute atomic E-state index is 13.3. The second kappa shape index (κ2) is 8.48. The fourth-order valence-electron chi connectivity index (χ4n) is 4.43. The highest BCUT2D eigenvalue weighted by Crippen LogP contribution is 2.31. The van der Waals surface area contributed by atoms with Crippen molar-refractivity contribution in [2.24, 2.45) is 7.05 Å². The Morgan fingerprint density at radius 2 is 1.94 bits per heavy atom. The van der Waals surface area contributed by atoms with Crippen molar-refractivity contribution in [2.45, 2.75) is 38.9 Å². The number of rotatable bonds is 4. The summed E-state index contributed by atoms with van der Waals surface area (Å²) in [6, 6.07) is 12.2. The highest BCUT2D eigenvalue weighted by atomic mass is 19.1. The van der Waals surface area contributed by atoms with E-state index in [0.29, 0.717) is 11.3 Å². The van der Waals surface area contributed by atoms with Gasteiger partial charge in [-0.1, -0.05) is 25.6 Å². The van der Waals surface area contributed by atoms with E-state index in [0.717, 1.165) is 42.8 Å². The Kier molecular flexibility index (Phi) is 5.75. The Bertz CT molecular complexity index is 1200. The molecule has 0 spiro atoms. The number of aryl methyl sites for hydroxylation is 1. The molecule has 3 heterocycles. The number of aromatic nitrogens is 2. The fourth-order valence-corrected chi connectivity index (χ4v) is 4.43. The first kappa shape index (κ1) is 21.0. The van der Waals surface area contributed by atoms with E-state index in [-0.39, 0.29) is 23.5 Å². The zero-order valence-corrected chi connectivity index (χ0v) is 18.0. The van der Waals surface area contributed by atoms with E-state index < -0.39 is 0 Å². The molecule has 1 saturated heterocycles. The van der Waals surface area contributed by atoms with Crippen molar-refractivity contribution >= 4 is 22.5 Å². The van der Waals surface area contributed by atoms with Gasteiger partial charge in [0.25, 0.3) is 11.4 Å². The standard InChI is InChI=1S/C24H26FN5O/c1-5-19-15-30(16(2)13-29(19)14-17-6-8-18(25)9-7-17)21-12-23(31)28(4)20-10-11-22(26-3)27-24(20)21/h6-12,16,19H,5,13-15H2,1-2,4H3/t16-,19+/m0/s1. The fraction of sp³-hybridized carbons (Fsp3) is 0.375. The van der Waals surface area contributed by atoms with Crippen LogP contribution in [-0.4, -0.2) is 39.6 Å². The van der Waals surface area contributed by atoms with Crippen LogP contribution in [0.1, 0.15) is 25.8 Å². The number of anilines is 1. The number of fused-ring (bicyclic) bond motifs is 1. The first-order valence-electron chi connectivity index (χ1n) is 10.5. The molecule has 0 aliphatic carbocycles. The molecule has 0 radical (unpaired) electrons. The summed E-state index contributed by atoms with van der Waals surface area (Å²) in [7, 11) is 1.73. The molecule has 6 nitrogen and oxygen atoms in total. The predicted molar refractivity (Wildman–Crippen MR) is 121 cm³/mol. The molecule has 1 aliphatic heterocycles. The Hall–Kier alpha value is -3.24. The Labute approximate surface area is 181 Å². The molecule has 1 aromatic carbocycles. The minimum absolute atomic E-state index is 0.0890. The molecule has 0 unspecified atom stereocenters. The van der Waals surface area contributed by atoms with Gasteiger partial charge in [-0.25, -0.2) is 4.39 Å². The van der Waals surface area contributed by atoms with E-state index in [9.17, 15) is 9.18 Å². The molecule has 2 atom stereocenters. The van der Waals surface area contributed by atoms with Crippen LogP contribution in [0.3, 0.4) is 0 Å². The lowest BCUT2D eigenvalue weighted by Gasteiger charge is -2.46. The van der Waals surface area contributed by atoms with E-state index in [2.05, 4.69) is 33.5 Å². The molecular formula is C24H26FN5O. The van der Waals surface area contributed by atoms with Gasteiger partial charge in [0, 0.05) is 44.8 Å². The first-order chi connectivity index (χ1) is 14.9. The highest BCUT2D eigenvalue weighted by Gasteiger charge is 2.33. The maximum Gasteiger partial charge on any atom is 0.270 e. The topological polar surface area (TPSA) is 45.7 Å². The summed E-state index contributed by atoms with van der Waals surface area (Å²) in [6.45, 7) is 14.0. The van der Waals surface area contributed by atoms with Crippen LogP contribution in [0.25, 0.3) is 15.9 Å². The number of piperazine rings is 1. The minimum atomic E-state index is -0.224. The van der Waals surface area contributed by atoms with Crippen LogP contribution in [0, 0.1) is 12.4 Å². The Balaban J connectivity index is 1.69. The normalized spacial score (nSPS) is 19.5. The van der Waals surface area contributed by atoms with Gasteiger partial charge in [-0.2, -0.15) is 0 Å². The van der Waals surface area contributed by atoms with Crippen molar-refractivity contribution in [3.8, 4) is 0 Å². The first-order valence-corrected chi connectivity index (χ1v) is 10.5. The van der Waals surface area contributed by atoms with Gasteiger partial charge in [-0.05, 0) is 43.2 Å². The third-order valence-electron chi connectivity index (χ3n) is 6.20. The van der Waals surface area contributed by atoms with Crippen molar-refractivity contribution in [1.82, 2.24) is 14.5 Å². The summed E-state index contributed by atoms with van der Waals surface area (Å²) in [5.74, 6) is 0.0971. The predicted octanol–water partition coefficient (Wildman–Crippen LogP) is 4.11. The summed E-state index contributed by atoms with van der Waals surface area (Å²) < 4.78 is 14.9. The van der Waals surface area contributed by atoms with Crippen LogP contribution in [0.2, 0.25) is 0 Å². The second-order valence-electron chi connectivity index (χ2n) is 8.20. The molecule has 2 aromatic heterocycles. The summed E-state index contributed by atoms with van der Waals surface area (Å²) in [6.07, 6.45) is 0.952. The van der Waals surface area contributed by atoms with E-state index in [1.165, 1.54) is 12.1 Å². The third kappa shape index (κ3) is 4.04. The van der Waals surface area contributed by atoms with Gasteiger partial charge in [0.2, 0.25) is 5.52 Å². The van der Waals surface area contributed by atoms with E-state index in [4.69, 9.17) is 6.57 Å².